The monoisotopic (exact) mass is 269 g/mol. The van der Waals surface area contributed by atoms with Crippen LogP contribution in [-0.2, 0) is 0 Å². The quantitative estimate of drug-likeness (QED) is 0.910. The summed E-state index contributed by atoms with van der Waals surface area (Å²) in [6, 6.07) is 3.48. The molecule has 0 aliphatic rings. The third-order valence-corrected chi connectivity index (χ3v) is 3.00. The lowest BCUT2D eigenvalue weighted by Gasteiger charge is -2.07. The van der Waals surface area contributed by atoms with E-state index < -0.39 is 0 Å². The second kappa shape index (κ2) is 3.87. The molecule has 0 spiro atoms. The molecule has 0 saturated heterocycles. The van der Waals surface area contributed by atoms with Crippen LogP contribution in [0, 0.1) is 13.8 Å². The van der Waals surface area contributed by atoms with E-state index >= 15 is 0 Å². The zero-order valence-electron chi connectivity index (χ0n) is 8.58. The topological polar surface area (TPSA) is 52.3 Å². The van der Waals surface area contributed by atoms with Crippen LogP contribution in [0.5, 0.6) is 0 Å². The first-order chi connectivity index (χ1) is 7.09. The van der Waals surface area contributed by atoms with E-state index in [-0.39, 0.29) is 6.04 Å². The Morgan fingerprint density at radius 2 is 2.13 bits per heavy atom. The summed E-state index contributed by atoms with van der Waals surface area (Å²) in [5, 5.41) is 0. The molecule has 3 nitrogen and oxygen atoms in total. The highest BCUT2D eigenvalue weighted by atomic mass is 79.9. The zero-order valence-corrected chi connectivity index (χ0v) is 10.2. The second-order valence-corrected chi connectivity index (χ2v) is 4.33. The smallest absolute Gasteiger partial charge is 0.139 e. The molecule has 0 aliphatic carbocycles. The van der Waals surface area contributed by atoms with Gasteiger partial charge >= 0.3 is 0 Å². The molecule has 15 heavy (non-hydrogen) atoms. The minimum absolute atomic E-state index is 0.285. The van der Waals surface area contributed by atoms with Gasteiger partial charge in [0.1, 0.15) is 17.3 Å². The van der Waals surface area contributed by atoms with Gasteiger partial charge in [-0.05, 0) is 41.9 Å². The maximum Gasteiger partial charge on any atom is 0.139 e. The summed E-state index contributed by atoms with van der Waals surface area (Å²) in [5.41, 5.74) is 7.05. The highest BCUT2D eigenvalue weighted by molar-refractivity contribution is 9.10. The highest BCUT2D eigenvalue weighted by Gasteiger charge is 2.19. The van der Waals surface area contributed by atoms with Crippen molar-refractivity contribution in [3.63, 3.8) is 0 Å². The molecule has 2 N–H and O–H groups in total. The highest BCUT2D eigenvalue weighted by Crippen LogP contribution is 2.30. The first-order valence-corrected chi connectivity index (χ1v) is 5.44. The summed E-state index contributed by atoms with van der Waals surface area (Å²) in [4.78, 5) is 0. The van der Waals surface area contributed by atoms with Crippen molar-refractivity contribution in [2.24, 2.45) is 5.73 Å². The summed E-state index contributed by atoms with van der Waals surface area (Å²) >= 11 is 3.39. The summed E-state index contributed by atoms with van der Waals surface area (Å²) in [6.07, 6.45) is 1.61. The van der Waals surface area contributed by atoms with Crippen molar-refractivity contribution in [2.75, 3.05) is 0 Å². The molecule has 0 saturated carbocycles. The fraction of sp³-hybridized carbons (Fsp3) is 0.273. The Kier molecular flexibility index (Phi) is 2.71. The molecule has 2 aromatic heterocycles. The molecule has 0 bridgehead atoms. The Bertz CT molecular complexity index is 473. The third kappa shape index (κ3) is 1.87. The van der Waals surface area contributed by atoms with E-state index in [4.69, 9.17) is 14.6 Å². The van der Waals surface area contributed by atoms with E-state index in [0.717, 1.165) is 27.3 Å². The van der Waals surface area contributed by atoms with E-state index in [1.165, 1.54) is 0 Å². The lowest BCUT2D eigenvalue weighted by molar-refractivity contribution is 0.474. The Balaban J connectivity index is 2.40. The molecular weight excluding hydrogens is 258 g/mol. The van der Waals surface area contributed by atoms with E-state index in [9.17, 15) is 0 Å². The molecule has 0 radical (unpaired) electrons. The Hall–Kier alpha value is -1.00. The summed E-state index contributed by atoms with van der Waals surface area (Å²) in [5.74, 6) is 2.42. The van der Waals surface area contributed by atoms with Crippen molar-refractivity contribution in [3.05, 3.63) is 45.7 Å². The van der Waals surface area contributed by atoms with E-state index in [1.807, 2.05) is 26.0 Å². The summed E-state index contributed by atoms with van der Waals surface area (Å²) in [7, 11) is 0. The van der Waals surface area contributed by atoms with Crippen molar-refractivity contribution in [1.82, 2.24) is 0 Å². The van der Waals surface area contributed by atoms with Gasteiger partial charge in [-0.3, -0.25) is 0 Å². The molecule has 4 heteroatoms. The minimum atomic E-state index is -0.285. The predicted octanol–water partition coefficient (Wildman–Crippen LogP) is 3.30. The van der Waals surface area contributed by atoms with Crippen LogP contribution in [0.4, 0.5) is 0 Å². The number of hydrogen-bond donors (Lipinski definition) is 1. The van der Waals surface area contributed by atoms with Crippen LogP contribution in [0.3, 0.4) is 0 Å². The fourth-order valence-electron chi connectivity index (χ4n) is 1.63. The predicted molar refractivity (Wildman–Crippen MR) is 60.6 cm³/mol. The summed E-state index contributed by atoms with van der Waals surface area (Å²) in [6.45, 7) is 3.80. The molecular formula is C11H12BrNO2. The van der Waals surface area contributed by atoms with Crippen LogP contribution in [0.25, 0.3) is 0 Å². The third-order valence-electron chi connectivity index (χ3n) is 2.34. The van der Waals surface area contributed by atoms with Crippen molar-refractivity contribution in [3.8, 4) is 0 Å². The molecule has 0 amide bonds. The second-order valence-electron chi connectivity index (χ2n) is 3.48. The number of halogens is 1. The Morgan fingerprint density at radius 1 is 1.40 bits per heavy atom. The van der Waals surface area contributed by atoms with Gasteiger partial charge in [0.15, 0.2) is 0 Å². The summed E-state index contributed by atoms with van der Waals surface area (Å²) < 4.78 is 11.7. The Labute approximate surface area is 96.4 Å². The average Bonchev–Trinajstić information content (AvgIpc) is 2.71. The van der Waals surface area contributed by atoms with Gasteiger partial charge in [0.05, 0.1) is 16.8 Å². The first kappa shape index (κ1) is 10.5. The number of hydrogen-bond acceptors (Lipinski definition) is 3. The molecule has 80 valence electrons. The van der Waals surface area contributed by atoms with E-state index in [1.54, 1.807) is 6.26 Å². The van der Waals surface area contributed by atoms with Crippen molar-refractivity contribution >= 4 is 15.9 Å². The maximum absolute atomic E-state index is 6.09. The molecule has 2 rings (SSSR count). The number of nitrogens with two attached hydrogens (primary N) is 1. The van der Waals surface area contributed by atoms with Crippen LogP contribution >= 0.6 is 15.9 Å². The Morgan fingerprint density at radius 3 is 2.60 bits per heavy atom. The van der Waals surface area contributed by atoms with Crippen molar-refractivity contribution in [1.29, 1.82) is 0 Å². The van der Waals surface area contributed by atoms with Gasteiger partial charge in [-0.2, -0.15) is 0 Å². The van der Waals surface area contributed by atoms with E-state index in [0.29, 0.717) is 0 Å². The minimum Gasteiger partial charge on any atom is -0.466 e. The number of furan rings is 2. The molecule has 2 aromatic rings. The fourth-order valence-corrected chi connectivity index (χ4v) is 2.08. The van der Waals surface area contributed by atoms with Crippen LogP contribution < -0.4 is 5.73 Å². The van der Waals surface area contributed by atoms with Gasteiger partial charge in [0.25, 0.3) is 0 Å². The van der Waals surface area contributed by atoms with Gasteiger partial charge in [-0.15, -0.1) is 0 Å². The van der Waals surface area contributed by atoms with Gasteiger partial charge < -0.3 is 14.6 Å². The molecule has 0 fully saturated rings. The van der Waals surface area contributed by atoms with Gasteiger partial charge in [-0.1, -0.05) is 0 Å². The van der Waals surface area contributed by atoms with Crippen LogP contribution in [0.15, 0.2) is 31.7 Å². The van der Waals surface area contributed by atoms with Crippen molar-refractivity contribution in [2.45, 2.75) is 19.9 Å². The lowest BCUT2D eigenvalue weighted by atomic mass is 10.1. The lowest BCUT2D eigenvalue weighted by Crippen LogP contribution is -2.11. The normalized spacial score (nSPS) is 13.1. The SMILES string of the molecule is Cc1cc(C(N)c2occc2Br)c(C)o1. The standard InChI is InChI=1S/C11H12BrNO2/c1-6-5-8(7(2)15-6)10(13)11-9(12)3-4-14-11/h3-5,10H,13H2,1-2H3. The zero-order chi connectivity index (χ0) is 11.0. The molecule has 1 unspecified atom stereocenters. The molecule has 1 atom stereocenters. The number of rotatable bonds is 2. The first-order valence-electron chi connectivity index (χ1n) is 4.65. The van der Waals surface area contributed by atoms with Gasteiger partial charge in [-0.25, -0.2) is 0 Å². The van der Waals surface area contributed by atoms with Crippen LogP contribution in [0.2, 0.25) is 0 Å². The average molecular weight is 270 g/mol. The molecule has 0 aliphatic heterocycles. The largest absolute Gasteiger partial charge is 0.466 e. The van der Waals surface area contributed by atoms with Gasteiger partial charge in [0.2, 0.25) is 0 Å². The van der Waals surface area contributed by atoms with E-state index in [2.05, 4.69) is 15.9 Å². The molecule has 2 heterocycles. The molecule has 0 aromatic carbocycles. The van der Waals surface area contributed by atoms with Crippen molar-refractivity contribution < 1.29 is 8.83 Å². The number of aryl methyl sites for hydroxylation is 2. The van der Waals surface area contributed by atoms with Crippen LogP contribution in [-0.4, -0.2) is 0 Å². The van der Waals surface area contributed by atoms with Crippen LogP contribution in [0.1, 0.15) is 28.9 Å². The van der Waals surface area contributed by atoms with Gasteiger partial charge in [0, 0.05) is 5.56 Å². The maximum atomic E-state index is 6.09.